The molecule has 2 aliphatic rings. The number of methoxy groups -OCH3 is 1. The van der Waals surface area contributed by atoms with Gasteiger partial charge in [-0.2, -0.15) is 0 Å². The minimum absolute atomic E-state index is 0.264. The van der Waals surface area contributed by atoms with Crippen molar-refractivity contribution in [2.24, 2.45) is 5.16 Å². The Morgan fingerprint density at radius 3 is 2.58 bits per heavy atom. The second kappa shape index (κ2) is 8.20. The lowest BCUT2D eigenvalue weighted by atomic mass is 9.96. The number of ether oxygens (including phenoxy) is 1. The fraction of sp³-hybridized carbons (Fsp3) is 0.526. The molecule has 0 amide bonds. The van der Waals surface area contributed by atoms with Crippen LogP contribution in [0.2, 0.25) is 0 Å². The summed E-state index contributed by atoms with van der Waals surface area (Å²) in [6.45, 7) is 3.88. The standard InChI is InChI=1S/C19H27N3O2/c1-24-19-11-7-6-10-18(19)22-14-12-21(13-15-22)17-9-5-3-2-4-8-16(17)20-23/h2-3,6-7,10-11,17,23H,4-5,8-9,12-15H2,1H3/b3-2?,20-16-/t17-/m1/s1. The summed E-state index contributed by atoms with van der Waals surface area (Å²) in [5, 5.41) is 13.0. The third-order valence-electron chi connectivity index (χ3n) is 5.03. The fourth-order valence-electron chi connectivity index (χ4n) is 3.73. The van der Waals surface area contributed by atoms with Crippen LogP contribution >= 0.6 is 0 Å². The summed E-state index contributed by atoms with van der Waals surface area (Å²) < 4.78 is 5.49. The van der Waals surface area contributed by atoms with Crippen molar-refractivity contribution in [3.63, 3.8) is 0 Å². The molecule has 5 nitrogen and oxygen atoms in total. The summed E-state index contributed by atoms with van der Waals surface area (Å²) >= 11 is 0. The molecule has 1 fully saturated rings. The molecule has 1 aliphatic heterocycles. The Morgan fingerprint density at radius 1 is 1.08 bits per heavy atom. The van der Waals surface area contributed by atoms with Gasteiger partial charge in [-0.3, -0.25) is 4.90 Å². The van der Waals surface area contributed by atoms with Gasteiger partial charge in [-0.05, 0) is 37.8 Å². The van der Waals surface area contributed by atoms with E-state index in [1.807, 2.05) is 12.1 Å². The molecule has 1 saturated heterocycles. The van der Waals surface area contributed by atoms with Crippen LogP contribution in [-0.2, 0) is 0 Å². The first-order chi connectivity index (χ1) is 11.8. The van der Waals surface area contributed by atoms with Gasteiger partial charge in [0.1, 0.15) is 5.75 Å². The van der Waals surface area contributed by atoms with Crippen LogP contribution in [0, 0.1) is 0 Å². The zero-order valence-corrected chi connectivity index (χ0v) is 14.4. The first-order valence-electron chi connectivity index (χ1n) is 8.81. The average Bonchev–Trinajstić information content (AvgIpc) is 2.62. The molecular formula is C19H27N3O2. The minimum atomic E-state index is 0.264. The Hall–Kier alpha value is -2.01. The SMILES string of the molecule is COc1ccccc1N1CCN([C@@H]2CCC=CCC/C2=N/O)CC1. The molecule has 0 saturated carbocycles. The highest BCUT2D eigenvalue weighted by Gasteiger charge is 2.28. The number of benzene rings is 1. The van der Waals surface area contributed by atoms with E-state index in [0.717, 1.165) is 69.0 Å². The van der Waals surface area contributed by atoms with Crippen molar-refractivity contribution >= 4 is 11.4 Å². The number of oxime groups is 1. The van der Waals surface area contributed by atoms with Gasteiger partial charge in [0.15, 0.2) is 0 Å². The Morgan fingerprint density at radius 2 is 1.83 bits per heavy atom. The average molecular weight is 329 g/mol. The number of allylic oxidation sites excluding steroid dienone is 2. The van der Waals surface area contributed by atoms with Crippen molar-refractivity contribution in [3.8, 4) is 5.75 Å². The van der Waals surface area contributed by atoms with Gasteiger partial charge in [0.25, 0.3) is 0 Å². The van der Waals surface area contributed by atoms with Crippen molar-refractivity contribution in [1.82, 2.24) is 4.90 Å². The third kappa shape index (κ3) is 3.73. The molecule has 1 aliphatic carbocycles. The molecule has 0 bridgehead atoms. The zero-order valence-electron chi connectivity index (χ0n) is 14.4. The van der Waals surface area contributed by atoms with Gasteiger partial charge in [-0.1, -0.05) is 29.4 Å². The van der Waals surface area contributed by atoms with E-state index in [-0.39, 0.29) is 6.04 Å². The summed E-state index contributed by atoms with van der Waals surface area (Å²) in [5.41, 5.74) is 2.10. The molecule has 1 atom stereocenters. The van der Waals surface area contributed by atoms with Crippen LogP contribution in [0.3, 0.4) is 0 Å². The van der Waals surface area contributed by atoms with E-state index < -0.39 is 0 Å². The summed E-state index contributed by atoms with van der Waals surface area (Å²) in [7, 11) is 1.72. The highest BCUT2D eigenvalue weighted by Crippen LogP contribution is 2.29. The molecule has 0 spiro atoms. The highest BCUT2D eigenvalue weighted by molar-refractivity contribution is 5.89. The number of rotatable bonds is 3. The lowest BCUT2D eigenvalue weighted by Gasteiger charge is -2.41. The van der Waals surface area contributed by atoms with Gasteiger partial charge in [-0.15, -0.1) is 0 Å². The van der Waals surface area contributed by atoms with Crippen LogP contribution in [0.15, 0.2) is 41.6 Å². The molecule has 1 aromatic carbocycles. The molecule has 5 heteroatoms. The number of para-hydroxylation sites is 2. The van der Waals surface area contributed by atoms with E-state index in [2.05, 4.69) is 39.2 Å². The molecule has 1 heterocycles. The maximum Gasteiger partial charge on any atom is 0.142 e. The normalized spacial score (nSPS) is 24.6. The number of piperazine rings is 1. The monoisotopic (exact) mass is 329 g/mol. The summed E-state index contributed by atoms with van der Waals surface area (Å²) in [5.74, 6) is 0.930. The Balaban J connectivity index is 1.66. The molecule has 3 rings (SSSR count). The molecule has 0 radical (unpaired) electrons. The first-order valence-corrected chi connectivity index (χ1v) is 8.81. The summed E-state index contributed by atoms with van der Waals surface area (Å²) in [6.07, 6.45) is 8.36. The van der Waals surface area contributed by atoms with E-state index in [1.54, 1.807) is 7.11 Å². The van der Waals surface area contributed by atoms with Crippen LogP contribution in [0.5, 0.6) is 5.75 Å². The Kier molecular flexibility index (Phi) is 5.75. The van der Waals surface area contributed by atoms with Crippen LogP contribution in [0.25, 0.3) is 0 Å². The lowest BCUT2D eigenvalue weighted by molar-refractivity contribution is 0.211. The predicted molar refractivity (Wildman–Crippen MR) is 97.4 cm³/mol. The van der Waals surface area contributed by atoms with Gasteiger partial charge >= 0.3 is 0 Å². The smallest absolute Gasteiger partial charge is 0.142 e. The van der Waals surface area contributed by atoms with Gasteiger partial charge in [-0.25, -0.2) is 0 Å². The molecular weight excluding hydrogens is 302 g/mol. The molecule has 130 valence electrons. The number of nitrogens with zero attached hydrogens (tertiary/aromatic N) is 3. The third-order valence-corrected chi connectivity index (χ3v) is 5.03. The summed E-state index contributed by atoms with van der Waals surface area (Å²) in [6, 6.07) is 8.46. The molecule has 0 aromatic heterocycles. The summed E-state index contributed by atoms with van der Waals surface area (Å²) in [4.78, 5) is 4.86. The second-order valence-electron chi connectivity index (χ2n) is 6.39. The van der Waals surface area contributed by atoms with E-state index in [0.29, 0.717) is 0 Å². The van der Waals surface area contributed by atoms with E-state index in [1.165, 1.54) is 0 Å². The van der Waals surface area contributed by atoms with Crippen LogP contribution in [0.1, 0.15) is 25.7 Å². The van der Waals surface area contributed by atoms with E-state index in [9.17, 15) is 5.21 Å². The zero-order chi connectivity index (χ0) is 16.8. The number of anilines is 1. The fourth-order valence-corrected chi connectivity index (χ4v) is 3.73. The molecule has 1 N–H and O–H groups in total. The first kappa shape index (κ1) is 16.8. The van der Waals surface area contributed by atoms with Crippen LogP contribution in [-0.4, -0.2) is 55.1 Å². The van der Waals surface area contributed by atoms with Crippen LogP contribution < -0.4 is 9.64 Å². The Bertz CT molecular complexity index is 592. The maximum atomic E-state index is 9.42. The van der Waals surface area contributed by atoms with Gasteiger partial charge in [0.05, 0.1) is 24.6 Å². The van der Waals surface area contributed by atoms with Gasteiger partial charge in [0.2, 0.25) is 0 Å². The quantitative estimate of drug-likeness (QED) is 0.526. The largest absolute Gasteiger partial charge is 0.495 e. The molecule has 24 heavy (non-hydrogen) atoms. The second-order valence-corrected chi connectivity index (χ2v) is 6.39. The van der Waals surface area contributed by atoms with Crippen molar-refractivity contribution in [3.05, 3.63) is 36.4 Å². The number of hydrogen-bond donors (Lipinski definition) is 1. The van der Waals surface area contributed by atoms with Crippen LogP contribution in [0.4, 0.5) is 5.69 Å². The van der Waals surface area contributed by atoms with Crippen molar-refractivity contribution < 1.29 is 9.94 Å². The highest BCUT2D eigenvalue weighted by atomic mass is 16.5. The Labute approximate surface area is 144 Å². The minimum Gasteiger partial charge on any atom is -0.495 e. The molecule has 1 aromatic rings. The van der Waals surface area contributed by atoms with Gasteiger partial charge < -0.3 is 14.8 Å². The van der Waals surface area contributed by atoms with Crippen molar-refractivity contribution in [2.75, 3.05) is 38.2 Å². The van der Waals surface area contributed by atoms with Crippen molar-refractivity contribution in [1.29, 1.82) is 0 Å². The van der Waals surface area contributed by atoms with E-state index in [4.69, 9.17) is 4.74 Å². The van der Waals surface area contributed by atoms with Gasteiger partial charge in [0, 0.05) is 26.2 Å². The predicted octanol–water partition coefficient (Wildman–Crippen LogP) is 3.15. The topological polar surface area (TPSA) is 48.3 Å². The van der Waals surface area contributed by atoms with E-state index >= 15 is 0 Å². The molecule has 0 unspecified atom stereocenters. The lowest BCUT2D eigenvalue weighted by Crippen LogP contribution is -2.53. The maximum absolute atomic E-state index is 9.42. The van der Waals surface area contributed by atoms with Crippen molar-refractivity contribution in [2.45, 2.75) is 31.7 Å². The number of hydrogen-bond acceptors (Lipinski definition) is 5.